The van der Waals surface area contributed by atoms with Gasteiger partial charge in [0.1, 0.15) is 6.54 Å². The van der Waals surface area contributed by atoms with Crippen molar-refractivity contribution in [2.45, 2.75) is 142 Å². The van der Waals surface area contributed by atoms with Crippen molar-refractivity contribution < 1.29 is 9.59 Å². The Balaban J connectivity index is 1.87. The molecule has 1 heterocycles. The van der Waals surface area contributed by atoms with Crippen molar-refractivity contribution in [1.82, 2.24) is 0 Å². The van der Waals surface area contributed by atoms with Crippen LogP contribution in [0.1, 0.15) is 130 Å². The molecule has 0 aromatic heterocycles. The lowest BCUT2D eigenvalue weighted by Gasteiger charge is -2.40. The fraction of sp³-hybridized carbons (Fsp3) is 0.889. The summed E-state index contributed by atoms with van der Waals surface area (Å²) in [7, 11) is 0. The zero-order valence-electron chi connectivity index (χ0n) is 20.7. The van der Waals surface area contributed by atoms with Crippen LogP contribution in [0.3, 0.4) is 0 Å². The van der Waals surface area contributed by atoms with E-state index in [0.29, 0.717) is 0 Å². The highest BCUT2D eigenvalue weighted by atomic mass is 16.3. The van der Waals surface area contributed by atoms with E-state index in [1.807, 2.05) is 13.1 Å². The van der Waals surface area contributed by atoms with Gasteiger partial charge in [0.05, 0.1) is 12.8 Å². The summed E-state index contributed by atoms with van der Waals surface area (Å²) in [5, 5.41) is 10.2. The van der Waals surface area contributed by atoms with Gasteiger partial charge in [0.2, 0.25) is 0 Å². The van der Waals surface area contributed by atoms with Gasteiger partial charge in [0, 0.05) is 13.3 Å². The molecule has 1 N–H and O–H groups in total. The third-order valence-electron chi connectivity index (χ3n) is 7.10. The minimum absolute atomic E-state index is 0.282. The predicted octanol–water partition coefficient (Wildman–Crippen LogP) is 7.78. The molecule has 0 fully saturated rings. The third kappa shape index (κ3) is 11.1. The van der Waals surface area contributed by atoms with Gasteiger partial charge in [0.25, 0.3) is 0 Å². The molecule has 1 rings (SSSR count). The average Bonchev–Trinajstić information content (AvgIpc) is 3.17. The lowest BCUT2D eigenvalue weighted by atomic mass is 10.0. The topological polar surface area (TPSA) is 32.6 Å². The van der Waals surface area contributed by atoms with Crippen LogP contribution in [0.15, 0.2) is 17.1 Å². The van der Waals surface area contributed by atoms with E-state index in [9.17, 15) is 5.11 Å². The fourth-order valence-electron chi connectivity index (χ4n) is 4.84. The van der Waals surface area contributed by atoms with E-state index >= 15 is 0 Å². The minimum Gasteiger partial charge on any atom is -0.345 e. The van der Waals surface area contributed by atoms with Gasteiger partial charge in [-0.2, -0.15) is 0 Å². The minimum atomic E-state index is -0.312. The van der Waals surface area contributed by atoms with Crippen LogP contribution in [0, 0.1) is 0 Å². The average molecular weight is 422 g/mol. The molecule has 0 radical (unpaired) electrons. The van der Waals surface area contributed by atoms with E-state index in [1.54, 1.807) is 0 Å². The summed E-state index contributed by atoms with van der Waals surface area (Å²) in [5.74, 6) is 0. The number of allylic oxidation sites excluding steroid dienone is 2. The zero-order valence-corrected chi connectivity index (χ0v) is 20.7. The summed E-state index contributed by atoms with van der Waals surface area (Å²) in [6.45, 7) is 8.26. The maximum atomic E-state index is 10.2. The quantitative estimate of drug-likeness (QED) is 0.121. The van der Waals surface area contributed by atoms with Crippen molar-refractivity contribution in [3.05, 3.63) is 12.2 Å². The van der Waals surface area contributed by atoms with Gasteiger partial charge in [-0.05, 0) is 39.0 Å². The molecule has 1 aliphatic heterocycles. The molecular formula is C27H53N2O+. The summed E-state index contributed by atoms with van der Waals surface area (Å²) < 4.78 is 0.743. The maximum absolute atomic E-state index is 10.2. The Labute approximate surface area is 188 Å². The van der Waals surface area contributed by atoms with Gasteiger partial charge < -0.3 is 5.11 Å². The normalized spacial score (nSPS) is 22.3. The summed E-state index contributed by atoms with van der Waals surface area (Å²) in [6.07, 6.45) is 29.8. The lowest BCUT2D eigenvalue weighted by molar-refractivity contribution is -0.976. The Morgan fingerprint density at radius 3 is 1.83 bits per heavy atom. The first kappa shape index (κ1) is 27.4. The van der Waals surface area contributed by atoms with Gasteiger partial charge in [-0.15, -0.1) is 0 Å². The summed E-state index contributed by atoms with van der Waals surface area (Å²) in [6, 6.07) is 0. The van der Waals surface area contributed by atoms with Gasteiger partial charge in [-0.3, -0.25) is 4.48 Å². The van der Waals surface area contributed by atoms with Crippen LogP contribution in [-0.4, -0.2) is 41.3 Å². The third-order valence-corrected chi connectivity index (χ3v) is 7.10. The van der Waals surface area contributed by atoms with Crippen LogP contribution in [-0.2, 0) is 0 Å². The van der Waals surface area contributed by atoms with E-state index in [0.717, 1.165) is 24.0 Å². The van der Waals surface area contributed by atoms with Crippen LogP contribution in [0.25, 0.3) is 0 Å². The molecule has 3 unspecified atom stereocenters. The second-order valence-electron chi connectivity index (χ2n) is 9.48. The molecule has 0 aromatic carbocycles. The Kier molecular flexibility index (Phi) is 16.4. The molecule has 1 aliphatic rings. The SMILES string of the molecule is CCCCCCCC/C=C/CCCCCCCCCCC1N=CC[N+]1(CC)C(C)O. The monoisotopic (exact) mass is 421 g/mol. The molecule has 3 atom stereocenters. The van der Waals surface area contributed by atoms with Crippen molar-refractivity contribution >= 4 is 6.21 Å². The summed E-state index contributed by atoms with van der Waals surface area (Å²) in [4.78, 5) is 4.68. The van der Waals surface area contributed by atoms with Crippen LogP contribution in [0.5, 0.6) is 0 Å². The van der Waals surface area contributed by atoms with Crippen molar-refractivity contribution in [2.75, 3.05) is 13.1 Å². The Morgan fingerprint density at radius 1 is 0.833 bits per heavy atom. The first-order valence-electron chi connectivity index (χ1n) is 13.4. The van der Waals surface area contributed by atoms with Gasteiger partial charge in [-0.1, -0.05) is 89.7 Å². The van der Waals surface area contributed by atoms with Gasteiger partial charge in [-0.25, -0.2) is 4.99 Å². The van der Waals surface area contributed by atoms with Gasteiger partial charge in [0.15, 0.2) is 12.4 Å². The Morgan fingerprint density at radius 2 is 1.33 bits per heavy atom. The molecule has 0 aromatic rings. The molecule has 0 spiro atoms. The van der Waals surface area contributed by atoms with E-state index in [2.05, 4.69) is 31.0 Å². The van der Waals surface area contributed by atoms with E-state index in [-0.39, 0.29) is 12.4 Å². The van der Waals surface area contributed by atoms with Crippen molar-refractivity contribution in [3.8, 4) is 0 Å². The smallest absolute Gasteiger partial charge is 0.189 e. The lowest BCUT2D eigenvalue weighted by Crippen LogP contribution is -2.57. The van der Waals surface area contributed by atoms with Gasteiger partial charge >= 0.3 is 0 Å². The van der Waals surface area contributed by atoms with Crippen LogP contribution < -0.4 is 0 Å². The standard InChI is InChI=1S/C27H53N2O/c1-4-6-7-8-9-10-11-12-13-14-15-16-17-18-19-20-21-22-23-27-28-24-25-29(27,5-2)26(3)30/h12-13,24,26-27,30H,4-11,14-23,25H2,1-3H3/q+1/b13-12+. The molecule has 30 heavy (non-hydrogen) atoms. The molecule has 3 heteroatoms. The molecule has 0 aliphatic carbocycles. The molecular weight excluding hydrogens is 368 g/mol. The zero-order chi connectivity index (χ0) is 21.9. The predicted molar refractivity (Wildman–Crippen MR) is 133 cm³/mol. The van der Waals surface area contributed by atoms with Crippen molar-refractivity contribution in [2.24, 2.45) is 4.99 Å². The highest BCUT2D eigenvalue weighted by Crippen LogP contribution is 2.26. The number of unbranched alkanes of at least 4 members (excludes halogenated alkanes) is 14. The van der Waals surface area contributed by atoms with Crippen molar-refractivity contribution in [1.29, 1.82) is 0 Å². The second kappa shape index (κ2) is 18.0. The van der Waals surface area contributed by atoms with E-state index in [1.165, 1.54) is 103 Å². The molecule has 0 bridgehead atoms. The van der Waals surface area contributed by atoms with E-state index in [4.69, 9.17) is 0 Å². The Bertz CT molecular complexity index is 446. The summed E-state index contributed by atoms with van der Waals surface area (Å²) in [5.41, 5.74) is 0. The molecule has 3 nitrogen and oxygen atoms in total. The largest absolute Gasteiger partial charge is 0.345 e. The maximum Gasteiger partial charge on any atom is 0.189 e. The molecule has 0 saturated carbocycles. The number of nitrogens with zero attached hydrogens (tertiary/aromatic N) is 2. The highest BCUT2D eigenvalue weighted by Gasteiger charge is 2.41. The number of quaternary nitrogens is 1. The van der Waals surface area contributed by atoms with Crippen LogP contribution in [0.2, 0.25) is 0 Å². The molecule has 176 valence electrons. The fourth-order valence-corrected chi connectivity index (χ4v) is 4.84. The number of aliphatic imine (C=N–C) groups is 1. The highest BCUT2D eigenvalue weighted by molar-refractivity contribution is 5.60. The van der Waals surface area contributed by atoms with Crippen LogP contribution >= 0.6 is 0 Å². The first-order valence-corrected chi connectivity index (χ1v) is 13.4. The van der Waals surface area contributed by atoms with E-state index < -0.39 is 0 Å². The second-order valence-corrected chi connectivity index (χ2v) is 9.48. The number of hydrogen-bond donors (Lipinski definition) is 1. The molecule has 0 amide bonds. The summed E-state index contributed by atoms with van der Waals surface area (Å²) >= 11 is 0. The first-order chi connectivity index (χ1) is 14.7. The number of aliphatic hydroxyl groups is 1. The van der Waals surface area contributed by atoms with Crippen molar-refractivity contribution in [3.63, 3.8) is 0 Å². The number of rotatable bonds is 20. The molecule has 0 saturated heterocycles. The Hall–Kier alpha value is -0.670. The number of aliphatic hydroxyl groups excluding tert-OH is 1. The van der Waals surface area contributed by atoms with Crippen LogP contribution in [0.4, 0.5) is 0 Å². The number of hydrogen-bond acceptors (Lipinski definition) is 2.